The predicted octanol–water partition coefficient (Wildman–Crippen LogP) is 4.36. The van der Waals surface area contributed by atoms with Crippen LogP contribution in [0.5, 0.6) is 0 Å². The molecule has 1 aliphatic rings. The number of carbonyl (C=O) groups is 1. The normalized spacial score (nSPS) is 18.4. The Labute approximate surface area is 176 Å². The number of hydrogen-bond acceptors (Lipinski definition) is 6. The van der Waals surface area contributed by atoms with Gasteiger partial charge < -0.3 is 5.32 Å². The van der Waals surface area contributed by atoms with Gasteiger partial charge in [-0.3, -0.25) is 4.79 Å². The van der Waals surface area contributed by atoms with Gasteiger partial charge >= 0.3 is 0 Å². The molecule has 28 heavy (non-hydrogen) atoms. The lowest BCUT2D eigenvalue weighted by atomic mass is 9.99. The number of piperidine rings is 1. The minimum atomic E-state index is -3.54. The summed E-state index contributed by atoms with van der Waals surface area (Å²) in [6.07, 6.45) is 1.30. The number of benzene rings is 1. The van der Waals surface area contributed by atoms with Crippen LogP contribution in [0, 0.1) is 12.8 Å². The highest BCUT2D eigenvalue weighted by Crippen LogP contribution is 2.32. The van der Waals surface area contributed by atoms with Crippen molar-refractivity contribution in [2.45, 2.75) is 24.0 Å². The fourth-order valence-electron chi connectivity index (χ4n) is 3.33. The zero-order valence-corrected chi connectivity index (χ0v) is 18.2. The van der Waals surface area contributed by atoms with Crippen LogP contribution in [-0.4, -0.2) is 36.7 Å². The molecule has 6 nitrogen and oxygen atoms in total. The minimum absolute atomic E-state index is 0.182. The number of carbonyl (C=O) groups excluding carboxylic acids is 1. The fraction of sp³-hybridized carbons (Fsp3) is 0.333. The zero-order chi connectivity index (χ0) is 19.9. The second-order valence-corrected chi connectivity index (χ2v) is 11.3. The van der Waals surface area contributed by atoms with Gasteiger partial charge in [-0.2, -0.15) is 4.31 Å². The largest absolute Gasteiger partial charge is 0.302 e. The first-order chi connectivity index (χ1) is 13.3. The van der Waals surface area contributed by atoms with Crippen LogP contribution in [0.4, 0.5) is 5.13 Å². The van der Waals surface area contributed by atoms with E-state index >= 15 is 0 Å². The van der Waals surface area contributed by atoms with Crippen molar-refractivity contribution in [3.8, 4) is 0 Å². The van der Waals surface area contributed by atoms with Crippen LogP contribution in [0.25, 0.3) is 10.2 Å². The van der Waals surface area contributed by atoms with Crippen molar-refractivity contribution in [3.63, 3.8) is 0 Å². The highest BCUT2D eigenvalue weighted by molar-refractivity contribution is 7.91. The maximum atomic E-state index is 12.8. The van der Waals surface area contributed by atoms with Crippen molar-refractivity contribution >= 4 is 65.6 Å². The average molecular weight is 456 g/mol. The van der Waals surface area contributed by atoms with E-state index < -0.39 is 15.9 Å². The highest BCUT2D eigenvalue weighted by atomic mass is 35.5. The third kappa shape index (κ3) is 3.81. The summed E-state index contributed by atoms with van der Waals surface area (Å²) in [7, 11) is -3.54. The Hall–Kier alpha value is -1.52. The molecule has 3 aromatic rings. The van der Waals surface area contributed by atoms with Crippen LogP contribution in [0.2, 0.25) is 5.02 Å². The number of anilines is 1. The Morgan fingerprint density at radius 1 is 1.39 bits per heavy atom. The molecule has 1 aliphatic heterocycles. The van der Waals surface area contributed by atoms with Crippen molar-refractivity contribution in [2.75, 3.05) is 18.4 Å². The Balaban J connectivity index is 1.50. The number of amides is 1. The summed E-state index contributed by atoms with van der Waals surface area (Å²) < 4.78 is 28.1. The fourth-order valence-corrected chi connectivity index (χ4v) is 7.32. The van der Waals surface area contributed by atoms with E-state index in [1.165, 1.54) is 27.0 Å². The molecular formula is C18H18ClN3O3S3. The van der Waals surface area contributed by atoms with Crippen LogP contribution in [0.1, 0.15) is 18.4 Å². The number of thiophene rings is 1. The molecule has 1 atom stereocenters. The van der Waals surface area contributed by atoms with Crippen molar-refractivity contribution < 1.29 is 13.2 Å². The van der Waals surface area contributed by atoms with Gasteiger partial charge in [0.05, 0.1) is 16.1 Å². The number of fused-ring (bicyclic) bond motifs is 1. The van der Waals surface area contributed by atoms with Crippen LogP contribution < -0.4 is 5.32 Å². The zero-order valence-electron chi connectivity index (χ0n) is 15.0. The summed E-state index contributed by atoms with van der Waals surface area (Å²) in [5, 5.41) is 5.74. The summed E-state index contributed by atoms with van der Waals surface area (Å²) in [5.74, 6) is -0.603. The third-order valence-corrected chi connectivity index (χ3v) is 9.10. The van der Waals surface area contributed by atoms with E-state index in [-0.39, 0.29) is 12.5 Å². The average Bonchev–Trinajstić information content (AvgIpc) is 3.32. The summed E-state index contributed by atoms with van der Waals surface area (Å²) in [5.41, 5.74) is 1.76. The standard InChI is InChI=1S/C18H18ClN3O3S3/c1-11-8-13(19)9-14-16(11)20-18(27-14)21-17(23)12-4-2-6-22(10-12)28(24,25)15-5-3-7-26-15/h3,5,7-9,12H,2,4,6,10H2,1H3,(H,20,21,23). The molecule has 0 saturated carbocycles. The molecule has 1 amide bonds. The number of nitrogens with one attached hydrogen (secondary N) is 1. The Morgan fingerprint density at radius 2 is 2.21 bits per heavy atom. The molecule has 148 valence electrons. The second-order valence-electron chi connectivity index (χ2n) is 6.71. The van der Waals surface area contributed by atoms with Gasteiger partial charge in [0.15, 0.2) is 5.13 Å². The molecule has 0 radical (unpaired) electrons. The first-order valence-electron chi connectivity index (χ1n) is 8.76. The molecule has 10 heteroatoms. The van der Waals surface area contributed by atoms with Crippen LogP contribution >= 0.6 is 34.3 Å². The van der Waals surface area contributed by atoms with Crippen molar-refractivity contribution in [2.24, 2.45) is 5.92 Å². The summed E-state index contributed by atoms with van der Waals surface area (Å²) in [6, 6.07) is 6.97. The molecular weight excluding hydrogens is 438 g/mol. The van der Waals surface area contributed by atoms with E-state index in [9.17, 15) is 13.2 Å². The quantitative estimate of drug-likeness (QED) is 0.633. The smallest absolute Gasteiger partial charge is 0.252 e. The van der Waals surface area contributed by atoms with E-state index in [0.29, 0.717) is 33.7 Å². The molecule has 1 saturated heterocycles. The Bertz CT molecular complexity index is 1130. The van der Waals surface area contributed by atoms with Gasteiger partial charge in [0.25, 0.3) is 10.0 Å². The first-order valence-corrected chi connectivity index (χ1v) is 12.3. The van der Waals surface area contributed by atoms with Crippen molar-refractivity contribution in [1.29, 1.82) is 0 Å². The number of halogens is 1. The summed E-state index contributed by atoms with van der Waals surface area (Å²) in [4.78, 5) is 17.3. The van der Waals surface area contributed by atoms with Crippen molar-refractivity contribution in [1.82, 2.24) is 9.29 Å². The third-order valence-electron chi connectivity index (χ3n) is 4.72. The molecule has 3 heterocycles. The maximum Gasteiger partial charge on any atom is 0.252 e. The molecule has 0 bridgehead atoms. The molecule has 1 unspecified atom stereocenters. The van der Waals surface area contributed by atoms with Gasteiger partial charge in [0.2, 0.25) is 5.91 Å². The van der Waals surface area contributed by atoms with Gasteiger partial charge in [-0.15, -0.1) is 11.3 Å². The molecule has 1 N–H and O–H groups in total. The van der Waals surface area contributed by atoms with E-state index in [0.717, 1.165) is 15.8 Å². The number of sulfonamides is 1. The van der Waals surface area contributed by atoms with E-state index in [1.54, 1.807) is 17.5 Å². The molecule has 0 aliphatic carbocycles. The molecule has 1 aromatic carbocycles. The topological polar surface area (TPSA) is 79.4 Å². The van der Waals surface area contributed by atoms with Gasteiger partial charge in [0.1, 0.15) is 4.21 Å². The number of nitrogens with zero attached hydrogens (tertiary/aromatic N) is 2. The second kappa shape index (κ2) is 7.72. The van der Waals surface area contributed by atoms with Crippen molar-refractivity contribution in [3.05, 3.63) is 40.2 Å². The number of aryl methyl sites for hydroxylation is 1. The van der Waals surface area contributed by atoms with Gasteiger partial charge in [-0.05, 0) is 48.9 Å². The molecule has 1 fully saturated rings. The van der Waals surface area contributed by atoms with Crippen LogP contribution in [0.3, 0.4) is 0 Å². The predicted molar refractivity (Wildman–Crippen MR) is 114 cm³/mol. The van der Waals surface area contributed by atoms with E-state index in [2.05, 4.69) is 10.3 Å². The summed E-state index contributed by atoms with van der Waals surface area (Å²) in [6.45, 7) is 2.54. The van der Waals surface area contributed by atoms with E-state index in [1.807, 2.05) is 19.1 Å². The van der Waals surface area contributed by atoms with Crippen LogP contribution in [-0.2, 0) is 14.8 Å². The van der Waals surface area contributed by atoms with Gasteiger partial charge in [-0.1, -0.05) is 29.0 Å². The monoisotopic (exact) mass is 455 g/mol. The summed E-state index contributed by atoms with van der Waals surface area (Å²) >= 11 is 8.65. The lowest BCUT2D eigenvalue weighted by Crippen LogP contribution is -2.43. The van der Waals surface area contributed by atoms with Crippen LogP contribution in [0.15, 0.2) is 33.9 Å². The molecule has 4 rings (SSSR count). The Kier molecular flexibility index (Phi) is 5.45. The molecule has 2 aromatic heterocycles. The maximum absolute atomic E-state index is 12.8. The van der Waals surface area contributed by atoms with Gasteiger partial charge in [0, 0.05) is 18.1 Å². The molecule has 0 spiro atoms. The lowest BCUT2D eigenvalue weighted by molar-refractivity contribution is -0.120. The van der Waals surface area contributed by atoms with E-state index in [4.69, 9.17) is 11.6 Å². The first kappa shape index (κ1) is 19.8. The lowest BCUT2D eigenvalue weighted by Gasteiger charge is -2.30. The number of thiazole rings is 1. The SMILES string of the molecule is Cc1cc(Cl)cc2sc(NC(=O)C3CCCN(S(=O)(=O)c4cccs4)C3)nc12. The number of rotatable bonds is 4. The van der Waals surface area contributed by atoms with Gasteiger partial charge in [-0.25, -0.2) is 13.4 Å². The Morgan fingerprint density at radius 3 is 2.96 bits per heavy atom. The highest BCUT2D eigenvalue weighted by Gasteiger charge is 2.34. The number of aromatic nitrogens is 1. The minimum Gasteiger partial charge on any atom is -0.302 e. The number of hydrogen-bond donors (Lipinski definition) is 1.